The normalized spacial score (nSPS) is 15.4. The first-order valence-electron chi connectivity index (χ1n) is 5.98. The molecule has 0 aromatic carbocycles. The Labute approximate surface area is 118 Å². The SMILES string of the molecule is Ic1cnc2ccc(-c3cnn(C4CC4)c3)n2c1. The highest BCUT2D eigenvalue weighted by atomic mass is 127. The van der Waals surface area contributed by atoms with Crippen molar-refractivity contribution < 1.29 is 0 Å². The summed E-state index contributed by atoms with van der Waals surface area (Å²) in [5.41, 5.74) is 3.29. The van der Waals surface area contributed by atoms with Crippen LogP contribution in [0.2, 0.25) is 0 Å². The van der Waals surface area contributed by atoms with Gasteiger partial charge in [0.15, 0.2) is 0 Å². The van der Waals surface area contributed by atoms with Gasteiger partial charge in [0.2, 0.25) is 0 Å². The van der Waals surface area contributed by atoms with Crippen molar-refractivity contribution in [1.29, 1.82) is 0 Å². The third-order valence-corrected chi connectivity index (χ3v) is 3.84. The van der Waals surface area contributed by atoms with Gasteiger partial charge in [-0.3, -0.25) is 4.68 Å². The lowest BCUT2D eigenvalue weighted by molar-refractivity contribution is 0.642. The maximum Gasteiger partial charge on any atom is 0.137 e. The molecule has 0 amide bonds. The van der Waals surface area contributed by atoms with Crippen molar-refractivity contribution in [2.75, 3.05) is 0 Å². The summed E-state index contributed by atoms with van der Waals surface area (Å²) < 4.78 is 5.33. The molecule has 0 bridgehead atoms. The molecular weight excluding hydrogens is 339 g/mol. The first kappa shape index (κ1) is 10.5. The minimum atomic E-state index is 0.628. The van der Waals surface area contributed by atoms with Crippen LogP contribution in [0.15, 0.2) is 36.9 Å². The fourth-order valence-corrected chi connectivity index (χ4v) is 2.63. The Morgan fingerprint density at radius 2 is 2.06 bits per heavy atom. The van der Waals surface area contributed by atoms with Crippen LogP contribution >= 0.6 is 22.6 Å². The lowest BCUT2D eigenvalue weighted by Gasteiger charge is -2.00. The molecule has 1 aliphatic carbocycles. The zero-order valence-electron chi connectivity index (χ0n) is 9.62. The fraction of sp³-hybridized carbons (Fsp3) is 0.231. The van der Waals surface area contributed by atoms with E-state index in [1.165, 1.54) is 12.8 Å². The quantitative estimate of drug-likeness (QED) is 0.666. The second-order valence-electron chi connectivity index (χ2n) is 4.66. The maximum atomic E-state index is 4.44. The molecule has 3 aromatic heterocycles. The lowest BCUT2D eigenvalue weighted by Crippen LogP contribution is -1.92. The van der Waals surface area contributed by atoms with Crippen LogP contribution < -0.4 is 0 Å². The smallest absolute Gasteiger partial charge is 0.137 e. The Morgan fingerprint density at radius 3 is 2.89 bits per heavy atom. The fourth-order valence-electron chi connectivity index (χ4n) is 2.21. The molecule has 4 nitrogen and oxygen atoms in total. The van der Waals surface area contributed by atoms with Gasteiger partial charge in [-0.1, -0.05) is 0 Å². The number of rotatable bonds is 2. The number of fused-ring (bicyclic) bond motifs is 1. The molecule has 3 heterocycles. The van der Waals surface area contributed by atoms with Gasteiger partial charge in [0, 0.05) is 27.7 Å². The molecule has 18 heavy (non-hydrogen) atoms. The molecule has 3 aromatic rings. The van der Waals surface area contributed by atoms with Crippen LogP contribution in [0.25, 0.3) is 16.9 Å². The summed E-state index contributed by atoms with van der Waals surface area (Å²) in [6, 6.07) is 4.77. The Morgan fingerprint density at radius 1 is 1.17 bits per heavy atom. The summed E-state index contributed by atoms with van der Waals surface area (Å²) in [7, 11) is 0. The van der Waals surface area contributed by atoms with Crippen LogP contribution in [-0.4, -0.2) is 19.2 Å². The zero-order chi connectivity index (χ0) is 12.1. The second-order valence-corrected chi connectivity index (χ2v) is 5.90. The van der Waals surface area contributed by atoms with Gasteiger partial charge in [0.25, 0.3) is 0 Å². The highest BCUT2D eigenvalue weighted by Crippen LogP contribution is 2.35. The van der Waals surface area contributed by atoms with Gasteiger partial charge in [0.05, 0.1) is 17.9 Å². The summed E-state index contributed by atoms with van der Waals surface area (Å²) in [6.07, 6.45) is 10.6. The van der Waals surface area contributed by atoms with E-state index < -0.39 is 0 Å². The highest BCUT2D eigenvalue weighted by molar-refractivity contribution is 14.1. The molecule has 4 rings (SSSR count). The van der Waals surface area contributed by atoms with E-state index in [-0.39, 0.29) is 0 Å². The van der Waals surface area contributed by atoms with E-state index in [9.17, 15) is 0 Å². The Balaban J connectivity index is 1.86. The Kier molecular flexibility index (Phi) is 2.23. The molecule has 90 valence electrons. The zero-order valence-corrected chi connectivity index (χ0v) is 11.8. The molecule has 0 N–H and O–H groups in total. The molecule has 1 fully saturated rings. The first-order chi connectivity index (χ1) is 8.81. The van der Waals surface area contributed by atoms with Crippen LogP contribution in [0, 0.1) is 3.57 Å². The van der Waals surface area contributed by atoms with Crippen LogP contribution in [-0.2, 0) is 0 Å². The number of hydrogen-bond donors (Lipinski definition) is 0. The monoisotopic (exact) mass is 350 g/mol. The molecule has 5 heteroatoms. The number of hydrogen-bond acceptors (Lipinski definition) is 2. The Hall–Kier alpha value is -1.37. The van der Waals surface area contributed by atoms with Crippen molar-refractivity contribution in [3.8, 4) is 11.3 Å². The minimum absolute atomic E-state index is 0.628. The summed E-state index contributed by atoms with van der Waals surface area (Å²) in [5.74, 6) is 0. The molecule has 0 unspecified atom stereocenters. The van der Waals surface area contributed by atoms with E-state index in [0.29, 0.717) is 6.04 Å². The molecular formula is C13H11IN4. The predicted octanol–water partition coefficient (Wildman–Crippen LogP) is 3.14. The van der Waals surface area contributed by atoms with Crippen molar-refractivity contribution in [2.24, 2.45) is 0 Å². The second kappa shape index (κ2) is 3.81. The van der Waals surface area contributed by atoms with Crippen molar-refractivity contribution in [3.05, 3.63) is 40.5 Å². The predicted molar refractivity (Wildman–Crippen MR) is 77.4 cm³/mol. The van der Waals surface area contributed by atoms with Crippen molar-refractivity contribution in [1.82, 2.24) is 19.2 Å². The summed E-state index contributed by atoms with van der Waals surface area (Å²) in [6.45, 7) is 0. The molecule has 0 atom stereocenters. The molecule has 0 spiro atoms. The number of halogens is 1. The van der Waals surface area contributed by atoms with E-state index in [0.717, 1.165) is 20.5 Å². The summed E-state index contributed by atoms with van der Waals surface area (Å²) >= 11 is 2.28. The van der Waals surface area contributed by atoms with E-state index in [4.69, 9.17) is 0 Å². The van der Waals surface area contributed by atoms with Gasteiger partial charge in [-0.25, -0.2) is 4.98 Å². The van der Waals surface area contributed by atoms with Gasteiger partial charge in [-0.15, -0.1) is 0 Å². The first-order valence-corrected chi connectivity index (χ1v) is 7.06. The van der Waals surface area contributed by atoms with Crippen LogP contribution in [0.1, 0.15) is 18.9 Å². The van der Waals surface area contributed by atoms with Crippen LogP contribution in [0.5, 0.6) is 0 Å². The standard InChI is InChI=1S/C13H11IN4/c14-10-6-15-13-4-3-12(17(13)8-10)9-5-16-18(7-9)11-1-2-11/h3-8,11H,1-2H2. The summed E-state index contributed by atoms with van der Waals surface area (Å²) in [4.78, 5) is 4.41. The topological polar surface area (TPSA) is 35.1 Å². The van der Waals surface area contributed by atoms with Crippen molar-refractivity contribution >= 4 is 28.2 Å². The average Bonchev–Trinajstić information content (AvgIpc) is 2.96. The van der Waals surface area contributed by atoms with Gasteiger partial charge >= 0.3 is 0 Å². The van der Waals surface area contributed by atoms with Crippen molar-refractivity contribution in [2.45, 2.75) is 18.9 Å². The molecule has 1 saturated carbocycles. The minimum Gasteiger partial charge on any atom is -0.300 e. The summed E-state index contributed by atoms with van der Waals surface area (Å²) in [5, 5.41) is 4.44. The Bertz CT molecular complexity index is 724. The lowest BCUT2D eigenvalue weighted by atomic mass is 10.2. The number of aromatic nitrogens is 4. The van der Waals surface area contributed by atoms with E-state index in [1.807, 2.05) is 18.5 Å². The van der Waals surface area contributed by atoms with Gasteiger partial charge in [-0.05, 0) is 47.6 Å². The molecule has 0 radical (unpaired) electrons. The molecule has 0 aliphatic heterocycles. The third kappa shape index (κ3) is 1.65. The third-order valence-electron chi connectivity index (χ3n) is 3.29. The molecule has 1 aliphatic rings. The average molecular weight is 350 g/mol. The maximum absolute atomic E-state index is 4.44. The largest absolute Gasteiger partial charge is 0.300 e. The molecule has 0 saturated heterocycles. The van der Waals surface area contributed by atoms with E-state index >= 15 is 0 Å². The van der Waals surface area contributed by atoms with Crippen LogP contribution in [0.3, 0.4) is 0 Å². The van der Waals surface area contributed by atoms with Gasteiger partial charge < -0.3 is 4.40 Å². The highest BCUT2D eigenvalue weighted by Gasteiger charge is 2.24. The number of nitrogens with zero attached hydrogens (tertiary/aromatic N) is 4. The van der Waals surface area contributed by atoms with Gasteiger partial charge in [0.1, 0.15) is 5.65 Å². The van der Waals surface area contributed by atoms with E-state index in [1.54, 1.807) is 0 Å². The van der Waals surface area contributed by atoms with Gasteiger partial charge in [-0.2, -0.15) is 5.10 Å². The van der Waals surface area contributed by atoms with Crippen molar-refractivity contribution in [3.63, 3.8) is 0 Å². The van der Waals surface area contributed by atoms with Crippen LogP contribution in [0.4, 0.5) is 0 Å². The van der Waals surface area contributed by atoms with E-state index in [2.05, 4.69) is 60.2 Å².